The Balaban J connectivity index is 2.24. The van der Waals surface area contributed by atoms with Gasteiger partial charge in [-0.3, -0.25) is 10.1 Å². The van der Waals surface area contributed by atoms with Gasteiger partial charge in [0.25, 0.3) is 5.69 Å². The molecule has 1 aliphatic rings. The van der Waals surface area contributed by atoms with E-state index < -0.39 is 0 Å². The molecular formula is C16H25N3O2. The van der Waals surface area contributed by atoms with E-state index in [0.717, 1.165) is 37.4 Å². The van der Waals surface area contributed by atoms with Gasteiger partial charge in [0, 0.05) is 43.1 Å². The summed E-state index contributed by atoms with van der Waals surface area (Å²) in [7, 11) is 0. The Kier molecular flexibility index (Phi) is 5.42. The third-order valence-corrected chi connectivity index (χ3v) is 4.15. The van der Waals surface area contributed by atoms with Crippen LogP contribution in [-0.2, 0) is 0 Å². The van der Waals surface area contributed by atoms with Crippen LogP contribution >= 0.6 is 0 Å². The quantitative estimate of drug-likeness (QED) is 0.634. The fourth-order valence-electron chi connectivity index (χ4n) is 2.89. The Bertz CT molecular complexity index is 490. The number of nitro groups is 1. The Morgan fingerprint density at radius 3 is 2.86 bits per heavy atom. The molecule has 116 valence electrons. The molecule has 5 heteroatoms. The lowest BCUT2D eigenvalue weighted by Gasteiger charge is -2.34. The third kappa shape index (κ3) is 4.09. The van der Waals surface area contributed by atoms with Crippen LogP contribution in [0.3, 0.4) is 0 Å². The second kappa shape index (κ2) is 7.29. The van der Waals surface area contributed by atoms with Crippen LogP contribution in [0.1, 0.15) is 39.5 Å². The summed E-state index contributed by atoms with van der Waals surface area (Å²) in [5, 5.41) is 14.4. The molecule has 0 radical (unpaired) electrons. The summed E-state index contributed by atoms with van der Waals surface area (Å²) in [6.45, 7) is 7.13. The van der Waals surface area contributed by atoms with Crippen LogP contribution in [0, 0.1) is 16.0 Å². The summed E-state index contributed by atoms with van der Waals surface area (Å²) in [4.78, 5) is 13.1. The van der Waals surface area contributed by atoms with Gasteiger partial charge in [-0.25, -0.2) is 0 Å². The molecule has 1 atom stereocenters. The minimum Gasteiger partial charge on any atom is -0.385 e. The highest BCUT2D eigenvalue weighted by molar-refractivity contribution is 5.64. The van der Waals surface area contributed by atoms with Gasteiger partial charge in [0.05, 0.1) is 4.92 Å². The summed E-state index contributed by atoms with van der Waals surface area (Å²) >= 11 is 0. The van der Waals surface area contributed by atoms with E-state index in [4.69, 9.17) is 0 Å². The molecule has 1 aromatic rings. The van der Waals surface area contributed by atoms with E-state index in [0.29, 0.717) is 5.92 Å². The van der Waals surface area contributed by atoms with Gasteiger partial charge in [-0.1, -0.05) is 20.3 Å². The first-order chi connectivity index (χ1) is 10.1. The van der Waals surface area contributed by atoms with Crippen LogP contribution in [0.2, 0.25) is 0 Å². The lowest BCUT2D eigenvalue weighted by atomic mass is 9.95. The summed E-state index contributed by atoms with van der Waals surface area (Å²) in [6, 6.07) is 5.37. The number of nitrogens with zero attached hydrogens (tertiary/aromatic N) is 2. The molecule has 2 rings (SSSR count). The summed E-state index contributed by atoms with van der Waals surface area (Å²) < 4.78 is 0. The first kappa shape index (κ1) is 15.6. The van der Waals surface area contributed by atoms with Crippen LogP contribution in [0.25, 0.3) is 0 Å². The van der Waals surface area contributed by atoms with E-state index in [9.17, 15) is 10.1 Å². The van der Waals surface area contributed by atoms with Gasteiger partial charge < -0.3 is 10.2 Å². The first-order valence-electron chi connectivity index (χ1n) is 7.92. The second-order valence-corrected chi connectivity index (χ2v) is 5.78. The number of nitro benzene ring substituents is 1. The molecule has 0 amide bonds. The Morgan fingerprint density at radius 2 is 2.19 bits per heavy atom. The molecule has 0 bridgehead atoms. The molecule has 0 saturated carbocycles. The summed E-state index contributed by atoms with van der Waals surface area (Å²) in [5.74, 6) is 0.699. The van der Waals surface area contributed by atoms with Crippen LogP contribution in [-0.4, -0.2) is 24.6 Å². The van der Waals surface area contributed by atoms with Crippen molar-refractivity contribution >= 4 is 17.1 Å². The van der Waals surface area contributed by atoms with E-state index in [1.54, 1.807) is 12.1 Å². The SMILES string of the molecule is CCCNc1cc(N2CCCC(CC)C2)cc([N+](=O)[O-])c1. The zero-order valence-electron chi connectivity index (χ0n) is 13.0. The van der Waals surface area contributed by atoms with Crippen LogP contribution in [0.4, 0.5) is 17.1 Å². The summed E-state index contributed by atoms with van der Waals surface area (Å²) in [6.07, 6.45) is 4.60. The topological polar surface area (TPSA) is 58.4 Å². The van der Waals surface area contributed by atoms with E-state index in [1.165, 1.54) is 19.3 Å². The van der Waals surface area contributed by atoms with E-state index >= 15 is 0 Å². The van der Waals surface area contributed by atoms with Crippen LogP contribution in [0.15, 0.2) is 18.2 Å². The molecule has 1 unspecified atom stereocenters. The number of hydrogen-bond acceptors (Lipinski definition) is 4. The molecule has 21 heavy (non-hydrogen) atoms. The van der Waals surface area contributed by atoms with Crippen molar-refractivity contribution in [3.05, 3.63) is 28.3 Å². The normalized spacial score (nSPS) is 18.6. The molecule has 1 saturated heterocycles. The second-order valence-electron chi connectivity index (χ2n) is 5.78. The van der Waals surface area contributed by atoms with Crippen molar-refractivity contribution in [2.45, 2.75) is 39.5 Å². The lowest BCUT2D eigenvalue weighted by molar-refractivity contribution is -0.384. The number of anilines is 2. The zero-order chi connectivity index (χ0) is 15.2. The van der Waals surface area contributed by atoms with Crippen molar-refractivity contribution in [1.82, 2.24) is 0 Å². The molecule has 0 spiro atoms. The number of non-ortho nitro benzene ring substituents is 1. The molecule has 1 aromatic carbocycles. The molecule has 5 nitrogen and oxygen atoms in total. The van der Waals surface area contributed by atoms with Gasteiger partial charge in [-0.15, -0.1) is 0 Å². The molecule has 1 aliphatic heterocycles. The molecular weight excluding hydrogens is 266 g/mol. The van der Waals surface area contributed by atoms with Gasteiger partial charge in [0.15, 0.2) is 0 Å². The molecule has 0 aliphatic carbocycles. The Labute approximate surface area is 126 Å². The van der Waals surface area contributed by atoms with Crippen molar-refractivity contribution in [2.75, 3.05) is 29.9 Å². The number of benzene rings is 1. The maximum Gasteiger partial charge on any atom is 0.273 e. The van der Waals surface area contributed by atoms with Crippen molar-refractivity contribution < 1.29 is 4.92 Å². The molecule has 1 fully saturated rings. The maximum atomic E-state index is 11.1. The number of nitrogens with one attached hydrogen (secondary N) is 1. The van der Waals surface area contributed by atoms with Crippen molar-refractivity contribution in [2.24, 2.45) is 5.92 Å². The molecule has 0 aromatic heterocycles. The smallest absolute Gasteiger partial charge is 0.273 e. The average molecular weight is 291 g/mol. The van der Waals surface area contributed by atoms with Crippen molar-refractivity contribution in [3.63, 3.8) is 0 Å². The highest BCUT2D eigenvalue weighted by Gasteiger charge is 2.21. The largest absolute Gasteiger partial charge is 0.385 e. The van der Waals surface area contributed by atoms with Crippen molar-refractivity contribution in [3.8, 4) is 0 Å². The Hall–Kier alpha value is -1.78. The number of hydrogen-bond donors (Lipinski definition) is 1. The predicted octanol–water partition coefficient (Wildman–Crippen LogP) is 4.04. The fraction of sp³-hybridized carbons (Fsp3) is 0.625. The van der Waals surface area contributed by atoms with Crippen LogP contribution in [0.5, 0.6) is 0 Å². The average Bonchev–Trinajstić information content (AvgIpc) is 2.52. The molecule has 1 heterocycles. The molecule has 1 N–H and O–H groups in total. The standard InChI is InChI=1S/C16H25N3O2/c1-3-7-17-14-9-15(11-16(10-14)19(20)21)18-8-5-6-13(4-2)12-18/h9-11,13,17H,3-8,12H2,1-2H3. The van der Waals surface area contributed by atoms with Gasteiger partial charge in [0.2, 0.25) is 0 Å². The van der Waals surface area contributed by atoms with Gasteiger partial charge in [-0.2, -0.15) is 0 Å². The Morgan fingerprint density at radius 1 is 1.38 bits per heavy atom. The summed E-state index contributed by atoms with van der Waals surface area (Å²) in [5.41, 5.74) is 1.99. The minimum atomic E-state index is -0.304. The van der Waals surface area contributed by atoms with Gasteiger partial charge in [-0.05, 0) is 31.2 Å². The zero-order valence-corrected chi connectivity index (χ0v) is 13.0. The van der Waals surface area contributed by atoms with Crippen LogP contribution < -0.4 is 10.2 Å². The lowest BCUT2D eigenvalue weighted by Crippen LogP contribution is -2.35. The monoisotopic (exact) mass is 291 g/mol. The highest BCUT2D eigenvalue weighted by Crippen LogP contribution is 2.30. The van der Waals surface area contributed by atoms with E-state index in [-0.39, 0.29) is 10.6 Å². The maximum absolute atomic E-state index is 11.1. The van der Waals surface area contributed by atoms with Gasteiger partial charge in [0.1, 0.15) is 0 Å². The van der Waals surface area contributed by atoms with Crippen molar-refractivity contribution in [1.29, 1.82) is 0 Å². The van der Waals surface area contributed by atoms with E-state index in [2.05, 4.69) is 24.1 Å². The first-order valence-corrected chi connectivity index (χ1v) is 7.92. The van der Waals surface area contributed by atoms with E-state index in [1.807, 2.05) is 6.07 Å². The highest BCUT2D eigenvalue weighted by atomic mass is 16.6. The fourth-order valence-corrected chi connectivity index (χ4v) is 2.89. The number of rotatable bonds is 6. The minimum absolute atomic E-state index is 0.171. The van der Waals surface area contributed by atoms with Gasteiger partial charge >= 0.3 is 0 Å². The predicted molar refractivity (Wildman–Crippen MR) is 87.1 cm³/mol. The third-order valence-electron chi connectivity index (χ3n) is 4.15. The number of piperidine rings is 1.